The van der Waals surface area contributed by atoms with Gasteiger partial charge in [0.1, 0.15) is 17.3 Å². The number of benzene rings is 2. The molecule has 0 unspecified atom stereocenters. The first-order valence-electron chi connectivity index (χ1n) is 7.93. The standard InChI is InChI=1S/C19H13ClFN3OS2/c1-26-13-6-7-15(20)14(10-13)18(25)23-17-16(11-2-4-12(21)5-3-11)22-19-24(17)8-9-27-19/h2-10H,1H3,(H,23,25). The van der Waals surface area contributed by atoms with Crippen LogP contribution in [0, 0.1) is 5.82 Å². The van der Waals surface area contributed by atoms with Gasteiger partial charge in [-0.25, -0.2) is 9.37 Å². The Kier molecular flexibility index (Phi) is 4.90. The fourth-order valence-electron chi connectivity index (χ4n) is 2.69. The molecule has 1 amide bonds. The number of thiazole rings is 1. The maximum absolute atomic E-state index is 13.3. The summed E-state index contributed by atoms with van der Waals surface area (Å²) in [6.45, 7) is 0. The van der Waals surface area contributed by atoms with Gasteiger partial charge < -0.3 is 5.32 Å². The van der Waals surface area contributed by atoms with E-state index in [0.717, 1.165) is 9.86 Å². The predicted octanol–water partition coefficient (Wildman–Crippen LogP) is 5.83. The van der Waals surface area contributed by atoms with E-state index in [0.29, 0.717) is 27.7 Å². The first kappa shape index (κ1) is 18.0. The van der Waals surface area contributed by atoms with Gasteiger partial charge in [0.25, 0.3) is 5.91 Å². The molecule has 2 aromatic carbocycles. The van der Waals surface area contributed by atoms with Crippen molar-refractivity contribution in [2.75, 3.05) is 11.6 Å². The fraction of sp³-hybridized carbons (Fsp3) is 0.0526. The van der Waals surface area contributed by atoms with Crippen molar-refractivity contribution in [2.45, 2.75) is 4.90 Å². The van der Waals surface area contributed by atoms with Gasteiger partial charge in [-0.15, -0.1) is 23.1 Å². The summed E-state index contributed by atoms with van der Waals surface area (Å²) >= 11 is 9.21. The van der Waals surface area contributed by atoms with E-state index in [2.05, 4.69) is 10.3 Å². The largest absolute Gasteiger partial charge is 0.306 e. The number of carbonyl (C=O) groups excluding carboxylic acids is 1. The molecule has 4 nitrogen and oxygen atoms in total. The van der Waals surface area contributed by atoms with E-state index in [1.165, 1.54) is 35.2 Å². The number of nitrogens with zero attached hydrogens (tertiary/aromatic N) is 2. The molecule has 4 aromatic rings. The number of amides is 1. The molecule has 4 rings (SSSR count). The molecular formula is C19H13ClFN3OS2. The Balaban J connectivity index is 1.77. The summed E-state index contributed by atoms with van der Waals surface area (Å²) in [7, 11) is 0. The third-order valence-electron chi connectivity index (χ3n) is 4.03. The number of imidazole rings is 1. The Morgan fingerprint density at radius 3 is 2.78 bits per heavy atom. The molecule has 0 aliphatic heterocycles. The predicted molar refractivity (Wildman–Crippen MR) is 110 cm³/mol. The first-order chi connectivity index (χ1) is 13.1. The van der Waals surface area contributed by atoms with Gasteiger partial charge in [0.2, 0.25) is 0 Å². The van der Waals surface area contributed by atoms with Crippen LogP contribution in [0.1, 0.15) is 10.4 Å². The number of aromatic nitrogens is 2. The summed E-state index contributed by atoms with van der Waals surface area (Å²) in [5.41, 5.74) is 1.68. The highest BCUT2D eigenvalue weighted by molar-refractivity contribution is 7.98. The fourth-order valence-corrected chi connectivity index (χ4v) is 4.05. The number of anilines is 1. The maximum atomic E-state index is 13.3. The number of thioether (sulfide) groups is 1. The van der Waals surface area contributed by atoms with Gasteiger partial charge in [0.15, 0.2) is 4.96 Å². The number of halogens is 2. The normalized spacial score (nSPS) is 11.1. The molecule has 0 saturated heterocycles. The van der Waals surface area contributed by atoms with Crippen LogP contribution in [0.2, 0.25) is 5.02 Å². The van der Waals surface area contributed by atoms with Crippen LogP contribution >= 0.6 is 34.7 Å². The lowest BCUT2D eigenvalue weighted by molar-refractivity contribution is 0.102. The Hall–Kier alpha value is -2.35. The number of nitrogens with one attached hydrogen (secondary N) is 1. The number of hydrogen-bond acceptors (Lipinski definition) is 4. The van der Waals surface area contributed by atoms with E-state index in [1.807, 2.05) is 23.9 Å². The topological polar surface area (TPSA) is 46.4 Å². The summed E-state index contributed by atoms with van der Waals surface area (Å²) in [4.78, 5) is 19.2. The summed E-state index contributed by atoms with van der Waals surface area (Å²) < 4.78 is 15.1. The highest BCUT2D eigenvalue weighted by atomic mass is 35.5. The first-order valence-corrected chi connectivity index (χ1v) is 10.4. The van der Waals surface area contributed by atoms with Crippen molar-refractivity contribution in [3.63, 3.8) is 0 Å². The molecule has 2 heterocycles. The summed E-state index contributed by atoms with van der Waals surface area (Å²) in [6, 6.07) is 11.3. The Bertz CT molecular complexity index is 1140. The molecule has 136 valence electrons. The molecular weight excluding hydrogens is 405 g/mol. The van der Waals surface area contributed by atoms with E-state index in [-0.39, 0.29) is 11.7 Å². The van der Waals surface area contributed by atoms with E-state index in [4.69, 9.17) is 11.6 Å². The van der Waals surface area contributed by atoms with Crippen molar-refractivity contribution >= 4 is 51.4 Å². The quantitative estimate of drug-likeness (QED) is 0.425. The Morgan fingerprint density at radius 2 is 2.04 bits per heavy atom. The monoisotopic (exact) mass is 417 g/mol. The Labute approximate surface area is 168 Å². The highest BCUT2D eigenvalue weighted by Crippen LogP contribution is 2.32. The van der Waals surface area contributed by atoms with Gasteiger partial charge in [0.05, 0.1) is 10.6 Å². The highest BCUT2D eigenvalue weighted by Gasteiger charge is 2.19. The zero-order valence-electron chi connectivity index (χ0n) is 14.1. The molecule has 2 aromatic heterocycles. The summed E-state index contributed by atoms with van der Waals surface area (Å²) in [5, 5.41) is 5.18. The van der Waals surface area contributed by atoms with Crippen molar-refractivity contribution in [1.29, 1.82) is 0 Å². The lowest BCUT2D eigenvalue weighted by atomic mass is 10.1. The zero-order valence-corrected chi connectivity index (χ0v) is 16.5. The van der Waals surface area contributed by atoms with Gasteiger partial charge >= 0.3 is 0 Å². The zero-order chi connectivity index (χ0) is 19.0. The average molecular weight is 418 g/mol. The molecule has 1 N–H and O–H groups in total. The van der Waals surface area contributed by atoms with Crippen molar-refractivity contribution in [1.82, 2.24) is 9.38 Å². The van der Waals surface area contributed by atoms with E-state index in [1.54, 1.807) is 28.7 Å². The molecule has 8 heteroatoms. The molecule has 27 heavy (non-hydrogen) atoms. The number of fused-ring (bicyclic) bond motifs is 1. The van der Waals surface area contributed by atoms with Crippen LogP contribution in [-0.2, 0) is 0 Å². The van der Waals surface area contributed by atoms with Crippen LogP contribution in [0.25, 0.3) is 16.2 Å². The molecule has 0 fully saturated rings. The van der Waals surface area contributed by atoms with Crippen molar-refractivity contribution < 1.29 is 9.18 Å². The Morgan fingerprint density at radius 1 is 1.26 bits per heavy atom. The van der Waals surface area contributed by atoms with Crippen molar-refractivity contribution in [2.24, 2.45) is 0 Å². The summed E-state index contributed by atoms with van der Waals surface area (Å²) in [6.07, 6.45) is 3.76. The molecule has 0 saturated carbocycles. The second kappa shape index (κ2) is 7.34. The maximum Gasteiger partial charge on any atom is 0.258 e. The summed E-state index contributed by atoms with van der Waals surface area (Å²) in [5.74, 6) is -0.133. The van der Waals surface area contributed by atoms with Gasteiger partial charge in [-0.3, -0.25) is 9.20 Å². The molecule has 0 bridgehead atoms. The van der Waals surface area contributed by atoms with Gasteiger partial charge in [-0.2, -0.15) is 0 Å². The van der Waals surface area contributed by atoms with Gasteiger partial charge in [-0.05, 0) is 48.7 Å². The minimum absolute atomic E-state index is 0.327. The SMILES string of the molecule is CSc1ccc(Cl)c(C(=O)Nc2c(-c3ccc(F)cc3)nc3sccn23)c1. The van der Waals surface area contributed by atoms with Gasteiger partial charge in [-0.1, -0.05) is 11.6 Å². The second-order valence-electron chi connectivity index (χ2n) is 5.67. The molecule has 0 aliphatic carbocycles. The third-order valence-corrected chi connectivity index (χ3v) is 5.84. The molecule has 0 atom stereocenters. The number of hydrogen-bond donors (Lipinski definition) is 1. The van der Waals surface area contributed by atoms with Crippen LogP contribution in [0.4, 0.5) is 10.2 Å². The van der Waals surface area contributed by atoms with Crippen LogP contribution in [0.3, 0.4) is 0 Å². The van der Waals surface area contributed by atoms with Crippen LogP contribution in [-0.4, -0.2) is 21.5 Å². The second-order valence-corrected chi connectivity index (χ2v) is 7.83. The van der Waals surface area contributed by atoms with E-state index >= 15 is 0 Å². The number of rotatable bonds is 4. The smallest absolute Gasteiger partial charge is 0.258 e. The molecule has 0 aliphatic rings. The third kappa shape index (κ3) is 3.45. The van der Waals surface area contributed by atoms with E-state index < -0.39 is 0 Å². The van der Waals surface area contributed by atoms with Crippen LogP contribution in [0.5, 0.6) is 0 Å². The van der Waals surface area contributed by atoms with Gasteiger partial charge in [0, 0.05) is 22.0 Å². The minimum atomic E-state index is -0.328. The average Bonchev–Trinajstić information content (AvgIpc) is 3.25. The minimum Gasteiger partial charge on any atom is -0.306 e. The lowest BCUT2D eigenvalue weighted by Crippen LogP contribution is -2.14. The van der Waals surface area contributed by atoms with E-state index in [9.17, 15) is 9.18 Å². The van der Waals surface area contributed by atoms with Crippen molar-refractivity contribution in [3.05, 3.63) is 70.4 Å². The van der Waals surface area contributed by atoms with Crippen molar-refractivity contribution in [3.8, 4) is 11.3 Å². The molecule has 0 spiro atoms. The lowest BCUT2D eigenvalue weighted by Gasteiger charge is -2.09. The number of carbonyl (C=O) groups is 1. The van der Waals surface area contributed by atoms with Crippen LogP contribution < -0.4 is 5.32 Å². The molecule has 0 radical (unpaired) electrons. The van der Waals surface area contributed by atoms with Crippen LogP contribution in [0.15, 0.2) is 58.9 Å².